The van der Waals surface area contributed by atoms with E-state index in [2.05, 4.69) is 28.2 Å². The molecule has 1 aliphatic heterocycles. The SMILES string of the molecule is CCCCCCCCCCCCCC(=O)C[C@@H](CC(C)C)C(=O)N[C@@H](CO)C(=O)C[C@@H](CO)C(=O)N1CCC[C@@H]1C(=O)N[C@@H](C)C(=O)N[C@@H](CC(N)=O)C(=O)NCC(C)=O. The Morgan fingerprint density at radius 1 is 0.700 bits per heavy atom. The number of aliphatic hydroxyl groups is 2. The second kappa shape index (κ2) is 29.9. The lowest BCUT2D eigenvalue weighted by Crippen LogP contribution is -2.56. The van der Waals surface area contributed by atoms with Crippen LogP contribution < -0.4 is 27.0 Å². The van der Waals surface area contributed by atoms with E-state index in [0.717, 1.165) is 25.7 Å². The predicted octanol–water partition coefficient (Wildman–Crippen LogP) is 1.91. The molecule has 6 amide bonds. The van der Waals surface area contributed by atoms with Crippen LogP contribution in [0.3, 0.4) is 0 Å². The molecule has 6 atom stereocenters. The number of rotatable bonds is 33. The summed E-state index contributed by atoms with van der Waals surface area (Å²) in [7, 11) is 0. The summed E-state index contributed by atoms with van der Waals surface area (Å²) in [6.45, 7) is 6.85. The van der Waals surface area contributed by atoms with Gasteiger partial charge < -0.3 is 42.1 Å². The van der Waals surface area contributed by atoms with Crippen LogP contribution in [0.2, 0.25) is 0 Å². The van der Waals surface area contributed by atoms with Crippen molar-refractivity contribution < 1.29 is 53.4 Å². The van der Waals surface area contributed by atoms with Gasteiger partial charge in [-0.3, -0.25) is 43.2 Å². The molecule has 342 valence electrons. The number of nitrogens with two attached hydrogens (primary N) is 1. The number of likely N-dealkylation sites (tertiary alicyclic amines) is 1. The topological polar surface area (TPSA) is 271 Å². The summed E-state index contributed by atoms with van der Waals surface area (Å²) >= 11 is 0. The maximum atomic E-state index is 13.6. The Bertz CT molecular complexity index is 1420. The van der Waals surface area contributed by atoms with Crippen LogP contribution in [0.4, 0.5) is 0 Å². The number of carbonyl (C=O) groups is 9. The summed E-state index contributed by atoms with van der Waals surface area (Å²) in [6, 6.07) is -5.11. The minimum atomic E-state index is -1.42. The van der Waals surface area contributed by atoms with E-state index in [4.69, 9.17) is 5.73 Å². The number of unbranched alkanes of at least 4 members (excludes halogenated alkanes) is 10. The van der Waals surface area contributed by atoms with Crippen molar-refractivity contribution in [2.75, 3.05) is 26.3 Å². The fourth-order valence-corrected chi connectivity index (χ4v) is 7.30. The van der Waals surface area contributed by atoms with E-state index in [9.17, 15) is 53.4 Å². The summed E-state index contributed by atoms with van der Waals surface area (Å²) in [5.41, 5.74) is 5.21. The van der Waals surface area contributed by atoms with Gasteiger partial charge in [0, 0.05) is 31.7 Å². The van der Waals surface area contributed by atoms with Gasteiger partial charge >= 0.3 is 0 Å². The lowest BCUT2D eigenvalue weighted by molar-refractivity contribution is -0.145. The molecular formula is C43H74N6O11. The maximum Gasteiger partial charge on any atom is 0.243 e. The van der Waals surface area contributed by atoms with Crippen molar-refractivity contribution >= 4 is 52.8 Å². The van der Waals surface area contributed by atoms with E-state index >= 15 is 0 Å². The zero-order valence-electron chi connectivity index (χ0n) is 36.7. The zero-order valence-corrected chi connectivity index (χ0v) is 36.7. The van der Waals surface area contributed by atoms with Crippen molar-refractivity contribution in [2.24, 2.45) is 23.5 Å². The number of hydrogen-bond acceptors (Lipinski definition) is 11. The van der Waals surface area contributed by atoms with Gasteiger partial charge in [-0.1, -0.05) is 85.0 Å². The van der Waals surface area contributed by atoms with Crippen LogP contribution in [0.25, 0.3) is 0 Å². The molecule has 0 unspecified atom stereocenters. The summed E-state index contributed by atoms with van der Waals surface area (Å²) in [4.78, 5) is 116. The molecule has 0 aromatic heterocycles. The molecule has 17 heteroatoms. The molecule has 0 spiro atoms. The van der Waals surface area contributed by atoms with Crippen molar-refractivity contribution in [2.45, 2.75) is 174 Å². The van der Waals surface area contributed by atoms with Crippen LogP contribution in [0.1, 0.15) is 150 Å². The number of primary amides is 1. The van der Waals surface area contributed by atoms with Crippen molar-refractivity contribution in [1.82, 2.24) is 26.2 Å². The minimum absolute atomic E-state index is 0.00889. The molecule has 1 saturated heterocycles. The summed E-state index contributed by atoms with van der Waals surface area (Å²) < 4.78 is 0. The Labute approximate surface area is 355 Å². The third-order valence-corrected chi connectivity index (χ3v) is 10.7. The van der Waals surface area contributed by atoms with Gasteiger partial charge in [-0.15, -0.1) is 0 Å². The molecule has 1 heterocycles. The van der Waals surface area contributed by atoms with Gasteiger partial charge in [0.25, 0.3) is 0 Å². The average Bonchev–Trinajstić information content (AvgIpc) is 3.69. The molecule has 60 heavy (non-hydrogen) atoms. The second-order valence-electron chi connectivity index (χ2n) is 16.7. The highest BCUT2D eigenvalue weighted by atomic mass is 16.3. The van der Waals surface area contributed by atoms with Gasteiger partial charge in [-0.05, 0) is 45.4 Å². The number of carbonyl (C=O) groups excluding carboxylic acids is 9. The average molecular weight is 851 g/mol. The van der Waals surface area contributed by atoms with Crippen molar-refractivity contribution in [3.63, 3.8) is 0 Å². The molecule has 1 fully saturated rings. The Kier molecular flexibility index (Phi) is 26.8. The number of aliphatic hydroxyl groups excluding tert-OH is 2. The predicted molar refractivity (Wildman–Crippen MR) is 225 cm³/mol. The van der Waals surface area contributed by atoms with Gasteiger partial charge in [0.1, 0.15) is 35.7 Å². The highest BCUT2D eigenvalue weighted by Gasteiger charge is 2.39. The fraction of sp³-hybridized carbons (Fsp3) is 0.791. The molecule has 0 saturated carbocycles. The van der Waals surface area contributed by atoms with E-state index in [1.807, 2.05) is 13.8 Å². The van der Waals surface area contributed by atoms with Crippen LogP contribution in [0, 0.1) is 17.8 Å². The number of hydrogen-bond donors (Lipinski definition) is 7. The van der Waals surface area contributed by atoms with Crippen LogP contribution in [0.15, 0.2) is 0 Å². The Morgan fingerprint density at radius 3 is 1.82 bits per heavy atom. The number of nitrogens with zero attached hydrogens (tertiary/aromatic N) is 1. The van der Waals surface area contributed by atoms with Crippen LogP contribution >= 0.6 is 0 Å². The summed E-state index contributed by atoms with van der Waals surface area (Å²) in [5.74, 6) is -7.61. The number of ketones is 3. The zero-order chi connectivity index (χ0) is 45.2. The quantitative estimate of drug-likeness (QED) is 0.0469. The maximum absolute atomic E-state index is 13.6. The molecular weight excluding hydrogens is 777 g/mol. The van der Waals surface area contributed by atoms with Gasteiger partial charge in [0.05, 0.1) is 32.1 Å². The van der Waals surface area contributed by atoms with Crippen molar-refractivity contribution in [1.29, 1.82) is 0 Å². The summed E-state index contributed by atoms with van der Waals surface area (Å²) in [5, 5.41) is 30.0. The number of nitrogens with one attached hydrogen (secondary N) is 4. The highest BCUT2D eigenvalue weighted by molar-refractivity contribution is 5.98. The first-order valence-electron chi connectivity index (χ1n) is 22.0. The first kappa shape index (κ1) is 53.8. The van der Waals surface area contributed by atoms with Crippen molar-refractivity contribution in [3.8, 4) is 0 Å². The monoisotopic (exact) mass is 851 g/mol. The van der Waals surface area contributed by atoms with E-state index in [-0.39, 0.29) is 43.4 Å². The lowest BCUT2D eigenvalue weighted by Gasteiger charge is -2.29. The first-order chi connectivity index (χ1) is 28.4. The molecule has 0 bridgehead atoms. The van der Waals surface area contributed by atoms with Gasteiger partial charge in [0.2, 0.25) is 35.4 Å². The van der Waals surface area contributed by atoms with Crippen LogP contribution in [0.5, 0.6) is 0 Å². The molecule has 0 aromatic rings. The Hall–Kier alpha value is -4.25. The third kappa shape index (κ3) is 21.3. The molecule has 1 aliphatic rings. The minimum Gasteiger partial charge on any atom is -0.396 e. The smallest absolute Gasteiger partial charge is 0.243 e. The second-order valence-corrected chi connectivity index (χ2v) is 16.7. The standard InChI is InChI=1S/C43H74N6O11/c1-6-7-8-9-10-11-12-13-14-15-16-18-33(53)22-31(21-28(2)3)40(57)48-35(27-51)37(54)23-32(26-50)43(60)49-20-17-19-36(49)42(59)46-30(5)39(56)47-34(24-38(44)55)41(58)45-25-29(4)52/h28,30-32,34-36,50-51H,6-27H2,1-5H3,(H2,44,55)(H,45,58)(H,46,59)(H,47,56)(H,48,57)/t30-,31+,32-,34-,35-,36+/m0/s1. The number of amides is 6. The largest absolute Gasteiger partial charge is 0.396 e. The molecule has 0 radical (unpaired) electrons. The molecule has 17 nitrogen and oxygen atoms in total. The van der Waals surface area contributed by atoms with Crippen LogP contribution in [-0.2, 0) is 43.2 Å². The highest BCUT2D eigenvalue weighted by Crippen LogP contribution is 2.23. The van der Waals surface area contributed by atoms with Gasteiger partial charge in [-0.25, -0.2) is 0 Å². The normalized spacial score (nSPS) is 16.3. The van der Waals surface area contributed by atoms with Crippen molar-refractivity contribution in [3.05, 3.63) is 0 Å². The van der Waals surface area contributed by atoms with Gasteiger partial charge in [-0.2, -0.15) is 0 Å². The van der Waals surface area contributed by atoms with E-state index in [0.29, 0.717) is 19.3 Å². The van der Waals surface area contributed by atoms with Gasteiger partial charge in [0.15, 0.2) is 5.78 Å². The Morgan fingerprint density at radius 2 is 1.28 bits per heavy atom. The lowest BCUT2D eigenvalue weighted by atomic mass is 9.89. The van der Waals surface area contributed by atoms with Crippen LogP contribution in [-0.4, -0.2) is 118 Å². The fourth-order valence-electron chi connectivity index (χ4n) is 7.30. The van der Waals surface area contributed by atoms with E-state index < -0.39 is 103 Å². The molecule has 8 N–H and O–H groups in total. The molecule has 0 aromatic carbocycles. The first-order valence-corrected chi connectivity index (χ1v) is 22.0. The Balaban J connectivity index is 2.78. The third-order valence-electron chi connectivity index (χ3n) is 10.7. The number of Topliss-reactive ketones (excluding diaryl/α,β-unsaturated/α-hetero) is 3. The molecule has 0 aliphatic carbocycles. The van der Waals surface area contributed by atoms with E-state index in [1.54, 1.807) is 0 Å². The molecule has 1 rings (SSSR count). The summed E-state index contributed by atoms with van der Waals surface area (Å²) in [6.07, 6.45) is 13.0. The van der Waals surface area contributed by atoms with E-state index in [1.165, 1.54) is 63.7 Å².